The molecule has 0 spiro atoms. The summed E-state index contributed by atoms with van der Waals surface area (Å²) in [5.74, 6) is 1.71. The number of nitrogens with zero attached hydrogens (tertiary/aromatic N) is 3. The first-order valence-corrected chi connectivity index (χ1v) is 7.12. The molecule has 1 aliphatic carbocycles. The summed E-state index contributed by atoms with van der Waals surface area (Å²) >= 11 is 0. The van der Waals surface area contributed by atoms with Gasteiger partial charge in [-0.25, -0.2) is 9.97 Å². The average Bonchev–Trinajstić information content (AvgIpc) is 3.20. The zero-order valence-corrected chi connectivity index (χ0v) is 11.7. The highest BCUT2D eigenvalue weighted by molar-refractivity contribution is 5.35. The molecule has 3 rings (SSSR count). The molecule has 1 aromatic rings. The molecule has 1 N–H and O–H groups in total. The van der Waals surface area contributed by atoms with E-state index in [1.807, 2.05) is 19.9 Å². The Morgan fingerprint density at radius 1 is 1.37 bits per heavy atom. The van der Waals surface area contributed by atoms with Crippen LogP contribution in [0.2, 0.25) is 0 Å². The minimum atomic E-state index is 0.268. The number of anilines is 1. The lowest BCUT2D eigenvalue weighted by Gasteiger charge is -2.33. The predicted octanol–water partition coefficient (Wildman–Crippen LogP) is 1.37. The average molecular weight is 262 g/mol. The van der Waals surface area contributed by atoms with E-state index in [2.05, 4.69) is 20.2 Å². The van der Waals surface area contributed by atoms with Crippen LogP contribution >= 0.6 is 0 Å². The lowest BCUT2D eigenvalue weighted by Crippen LogP contribution is -2.46. The predicted molar refractivity (Wildman–Crippen MR) is 74.3 cm³/mol. The third kappa shape index (κ3) is 3.42. The number of rotatable bonds is 4. The second kappa shape index (κ2) is 5.43. The van der Waals surface area contributed by atoms with E-state index in [1.54, 1.807) is 0 Å². The van der Waals surface area contributed by atoms with Gasteiger partial charge in [0.25, 0.3) is 0 Å². The summed E-state index contributed by atoms with van der Waals surface area (Å²) in [6, 6.07) is 2.81. The minimum Gasteiger partial charge on any atom is -0.374 e. The van der Waals surface area contributed by atoms with Crippen LogP contribution in [0.15, 0.2) is 6.07 Å². The topological polar surface area (TPSA) is 50.3 Å². The summed E-state index contributed by atoms with van der Waals surface area (Å²) in [5, 5.41) is 3.37. The van der Waals surface area contributed by atoms with Crippen molar-refractivity contribution in [1.29, 1.82) is 0 Å². The van der Waals surface area contributed by atoms with Crippen LogP contribution in [-0.2, 0) is 4.74 Å². The largest absolute Gasteiger partial charge is 0.374 e. The molecule has 2 heterocycles. The molecule has 0 aromatic carbocycles. The maximum atomic E-state index is 5.82. The molecule has 104 valence electrons. The number of aromatic nitrogens is 2. The number of hydrogen-bond donors (Lipinski definition) is 1. The molecule has 0 bridgehead atoms. The third-order valence-corrected chi connectivity index (χ3v) is 3.71. The Balaban J connectivity index is 1.53. The van der Waals surface area contributed by atoms with E-state index in [9.17, 15) is 0 Å². The SMILES string of the molecule is Cc1cc(NCC2CN(C3CC3)CCO2)nc(C)n1. The molecule has 1 saturated carbocycles. The fourth-order valence-electron chi connectivity index (χ4n) is 2.66. The summed E-state index contributed by atoms with van der Waals surface area (Å²) < 4.78 is 5.82. The molecule has 19 heavy (non-hydrogen) atoms. The van der Waals surface area contributed by atoms with E-state index >= 15 is 0 Å². The second-order valence-corrected chi connectivity index (χ2v) is 5.54. The molecule has 1 aromatic heterocycles. The van der Waals surface area contributed by atoms with Crippen molar-refractivity contribution >= 4 is 5.82 Å². The van der Waals surface area contributed by atoms with E-state index < -0.39 is 0 Å². The zero-order valence-electron chi connectivity index (χ0n) is 11.7. The van der Waals surface area contributed by atoms with E-state index in [4.69, 9.17) is 4.74 Å². The van der Waals surface area contributed by atoms with Gasteiger partial charge in [-0.05, 0) is 26.7 Å². The maximum Gasteiger partial charge on any atom is 0.130 e. The fourth-order valence-corrected chi connectivity index (χ4v) is 2.66. The van der Waals surface area contributed by atoms with Gasteiger partial charge in [-0.15, -0.1) is 0 Å². The minimum absolute atomic E-state index is 0.268. The summed E-state index contributed by atoms with van der Waals surface area (Å²) in [6.07, 6.45) is 3.00. The van der Waals surface area contributed by atoms with Gasteiger partial charge in [-0.2, -0.15) is 0 Å². The van der Waals surface area contributed by atoms with Crippen molar-refractivity contribution in [3.63, 3.8) is 0 Å². The Morgan fingerprint density at radius 2 is 2.21 bits per heavy atom. The van der Waals surface area contributed by atoms with Crippen LogP contribution in [0, 0.1) is 13.8 Å². The summed E-state index contributed by atoms with van der Waals surface area (Å²) in [6.45, 7) is 7.72. The number of hydrogen-bond acceptors (Lipinski definition) is 5. The maximum absolute atomic E-state index is 5.82. The van der Waals surface area contributed by atoms with E-state index in [0.29, 0.717) is 0 Å². The summed E-state index contributed by atoms with van der Waals surface area (Å²) in [4.78, 5) is 11.2. The molecule has 0 radical (unpaired) electrons. The first-order chi connectivity index (χ1) is 9.20. The van der Waals surface area contributed by atoms with Crippen LogP contribution in [0.25, 0.3) is 0 Å². The molecule has 1 unspecified atom stereocenters. The Hall–Kier alpha value is -1.20. The molecule has 1 saturated heterocycles. The van der Waals surface area contributed by atoms with E-state index in [0.717, 1.165) is 49.6 Å². The van der Waals surface area contributed by atoms with Crippen molar-refractivity contribution in [1.82, 2.24) is 14.9 Å². The smallest absolute Gasteiger partial charge is 0.130 e. The molecular formula is C14H22N4O. The Morgan fingerprint density at radius 3 is 2.95 bits per heavy atom. The number of ether oxygens (including phenoxy) is 1. The Kier molecular flexibility index (Phi) is 3.66. The van der Waals surface area contributed by atoms with Crippen molar-refractivity contribution in [2.24, 2.45) is 0 Å². The van der Waals surface area contributed by atoms with Gasteiger partial charge in [0.15, 0.2) is 0 Å². The second-order valence-electron chi connectivity index (χ2n) is 5.54. The van der Waals surface area contributed by atoms with Gasteiger partial charge in [0.2, 0.25) is 0 Å². The molecule has 2 fully saturated rings. The number of morpholine rings is 1. The molecule has 5 nitrogen and oxygen atoms in total. The molecule has 5 heteroatoms. The monoisotopic (exact) mass is 262 g/mol. The van der Waals surface area contributed by atoms with Crippen LogP contribution in [0.5, 0.6) is 0 Å². The zero-order chi connectivity index (χ0) is 13.2. The van der Waals surface area contributed by atoms with Crippen LogP contribution in [0.4, 0.5) is 5.82 Å². The van der Waals surface area contributed by atoms with Crippen LogP contribution in [0.1, 0.15) is 24.4 Å². The molecule has 2 aliphatic rings. The molecular weight excluding hydrogens is 240 g/mol. The van der Waals surface area contributed by atoms with Crippen molar-refractivity contribution in [2.75, 3.05) is 31.6 Å². The van der Waals surface area contributed by atoms with Crippen LogP contribution in [0.3, 0.4) is 0 Å². The normalized spacial score (nSPS) is 24.4. The molecule has 1 aliphatic heterocycles. The van der Waals surface area contributed by atoms with Gasteiger partial charge in [0.05, 0.1) is 12.7 Å². The quantitative estimate of drug-likeness (QED) is 0.888. The lowest BCUT2D eigenvalue weighted by molar-refractivity contribution is -0.0241. The van der Waals surface area contributed by atoms with Crippen LogP contribution < -0.4 is 5.32 Å². The number of nitrogens with one attached hydrogen (secondary N) is 1. The highest BCUT2D eigenvalue weighted by Crippen LogP contribution is 2.28. The Bertz CT molecular complexity index is 427. The van der Waals surface area contributed by atoms with E-state index in [-0.39, 0.29) is 6.10 Å². The summed E-state index contributed by atoms with van der Waals surface area (Å²) in [7, 11) is 0. The van der Waals surface area contributed by atoms with Gasteiger partial charge in [0.1, 0.15) is 11.6 Å². The van der Waals surface area contributed by atoms with Crippen LogP contribution in [-0.4, -0.2) is 53.3 Å². The van der Waals surface area contributed by atoms with Gasteiger partial charge in [0, 0.05) is 37.4 Å². The highest BCUT2D eigenvalue weighted by atomic mass is 16.5. The van der Waals surface area contributed by atoms with Crippen molar-refractivity contribution < 1.29 is 4.74 Å². The first kappa shape index (κ1) is 12.8. The molecule has 0 amide bonds. The van der Waals surface area contributed by atoms with Crippen molar-refractivity contribution in [2.45, 2.75) is 38.8 Å². The van der Waals surface area contributed by atoms with Gasteiger partial charge < -0.3 is 10.1 Å². The Labute approximate surface area is 114 Å². The van der Waals surface area contributed by atoms with Crippen molar-refractivity contribution in [3.05, 3.63) is 17.6 Å². The van der Waals surface area contributed by atoms with E-state index in [1.165, 1.54) is 12.8 Å². The van der Waals surface area contributed by atoms with Gasteiger partial charge in [-0.3, -0.25) is 4.90 Å². The van der Waals surface area contributed by atoms with Gasteiger partial charge >= 0.3 is 0 Å². The lowest BCUT2D eigenvalue weighted by atomic mass is 10.2. The highest BCUT2D eigenvalue weighted by Gasteiger charge is 2.32. The standard InChI is InChI=1S/C14H22N4O/c1-10-7-14(17-11(2)16-10)15-8-13-9-18(5-6-19-13)12-3-4-12/h7,12-13H,3-6,8-9H2,1-2H3,(H,15,16,17). The first-order valence-electron chi connectivity index (χ1n) is 7.12. The number of aryl methyl sites for hydroxylation is 2. The van der Waals surface area contributed by atoms with Crippen molar-refractivity contribution in [3.8, 4) is 0 Å². The summed E-state index contributed by atoms with van der Waals surface area (Å²) in [5.41, 5.74) is 0.999. The molecule has 1 atom stereocenters. The fraction of sp³-hybridized carbons (Fsp3) is 0.714. The van der Waals surface area contributed by atoms with Gasteiger partial charge in [-0.1, -0.05) is 0 Å². The third-order valence-electron chi connectivity index (χ3n) is 3.71.